The van der Waals surface area contributed by atoms with E-state index in [1.54, 1.807) is 24.5 Å². The molecule has 162 valence electrons. The predicted octanol–water partition coefficient (Wildman–Crippen LogP) is 5.82. The lowest BCUT2D eigenvalue weighted by molar-refractivity contribution is 0.102. The summed E-state index contributed by atoms with van der Waals surface area (Å²) in [6.07, 6.45) is 1.75. The third-order valence-corrected chi connectivity index (χ3v) is 7.42. The summed E-state index contributed by atoms with van der Waals surface area (Å²) < 4.78 is 10.6. The van der Waals surface area contributed by atoms with Crippen LogP contribution in [0, 0.1) is 13.8 Å². The summed E-state index contributed by atoms with van der Waals surface area (Å²) in [4.78, 5) is 15.1. The fraction of sp³-hybridized carbons (Fsp3) is 0.0870. The van der Waals surface area contributed by atoms with Gasteiger partial charge in [-0.2, -0.15) is 5.10 Å². The first-order valence-corrected chi connectivity index (χ1v) is 11.7. The fourth-order valence-corrected chi connectivity index (χ4v) is 5.59. The van der Waals surface area contributed by atoms with E-state index in [0.717, 1.165) is 21.3 Å². The minimum Gasteiger partial charge on any atom is -0.354 e. The molecular formula is C23H16N6O2S2. The highest BCUT2D eigenvalue weighted by atomic mass is 32.1. The first kappa shape index (κ1) is 19.8. The number of hydrogen-bond donors (Lipinski definition) is 2. The molecule has 6 rings (SSSR count). The highest BCUT2D eigenvalue weighted by molar-refractivity contribution is 7.22. The highest BCUT2D eigenvalue weighted by Crippen LogP contribution is 2.38. The Kier molecular flexibility index (Phi) is 4.56. The van der Waals surface area contributed by atoms with Crippen LogP contribution < -0.4 is 5.32 Å². The molecule has 0 aliphatic rings. The molecule has 0 radical (unpaired) electrons. The number of carbonyl (C=O) groups is 1. The van der Waals surface area contributed by atoms with Gasteiger partial charge in [0, 0.05) is 26.2 Å². The van der Waals surface area contributed by atoms with Crippen LogP contribution in [0.1, 0.15) is 21.7 Å². The zero-order valence-corrected chi connectivity index (χ0v) is 19.2. The van der Waals surface area contributed by atoms with Crippen molar-refractivity contribution >= 4 is 55.5 Å². The molecule has 0 unspecified atom stereocenters. The number of thiophene rings is 1. The first-order valence-electron chi connectivity index (χ1n) is 10.1. The Bertz CT molecular complexity index is 1630. The van der Waals surface area contributed by atoms with Crippen molar-refractivity contribution in [3.05, 3.63) is 65.6 Å². The van der Waals surface area contributed by atoms with Crippen molar-refractivity contribution in [1.82, 2.24) is 24.9 Å². The number of carbonyl (C=O) groups excluding carboxylic acids is 1. The van der Waals surface area contributed by atoms with E-state index in [-0.39, 0.29) is 5.91 Å². The second kappa shape index (κ2) is 7.61. The molecule has 0 atom stereocenters. The molecule has 2 aromatic carbocycles. The first-order chi connectivity index (χ1) is 16.1. The van der Waals surface area contributed by atoms with Gasteiger partial charge in [0.25, 0.3) is 5.91 Å². The average Bonchev–Trinajstić information content (AvgIpc) is 3.58. The smallest absolute Gasteiger partial charge is 0.261 e. The minimum atomic E-state index is -0.304. The van der Waals surface area contributed by atoms with Gasteiger partial charge in [-0.1, -0.05) is 27.8 Å². The van der Waals surface area contributed by atoms with Gasteiger partial charge in [0.15, 0.2) is 5.76 Å². The Hall–Kier alpha value is -3.89. The molecule has 0 fully saturated rings. The van der Waals surface area contributed by atoms with Crippen LogP contribution in [-0.4, -0.2) is 30.8 Å². The van der Waals surface area contributed by atoms with Gasteiger partial charge in [-0.3, -0.25) is 9.89 Å². The second-order valence-corrected chi connectivity index (χ2v) is 9.46. The molecule has 0 saturated heterocycles. The Balaban J connectivity index is 1.42. The van der Waals surface area contributed by atoms with Crippen molar-refractivity contribution in [3.8, 4) is 21.1 Å². The van der Waals surface area contributed by atoms with Crippen LogP contribution >= 0.6 is 22.9 Å². The van der Waals surface area contributed by atoms with E-state index in [0.29, 0.717) is 33.3 Å². The minimum absolute atomic E-state index is 0.304. The number of anilines is 1. The molecule has 33 heavy (non-hydrogen) atoms. The lowest BCUT2D eigenvalue weighted by Gasteiger charge is -2.08. The summed E-state index contributed by atoms with van der Waals surface area (Å²) in [5, 5.41) is 20.4. The molecule has 0 aliphatic carbocycles. The lowest BCUT2D eigenvalue weighted by atomic mass is 10.1. The number of nitrogens with one attached hydrogen (secondary N) is 2. The maximum absolute atomic E-state index is 13.3. The van der Waals surface area contributed by atoms with Crippen molar-refractivity contribution in [2.45, 2.75) is 13.8 Å². The van der Waals surface area contributed by atoms with Crippen LogP contribution in [0.3, 0.4) is 0 Å². The van der Waals surface area contributed by atoms with E-state index >= 15 is 0 Å². The Morgan fingerprint density at radius 2 is 1.97 bits per heavy atom. The highest BCUT2D eigenvalue weighted by Gasteiger charge is 2.25. The number of rotatable bonds is 4. The lowest BCUT2D eigenvalue weighted by Crippen LogP contribution is -2.13. The van der Waals surface area contributed by atoms with Crippen molar-refractivity contribution in [2.24, 2.45) is 0 Å². The normalized spacial score (nSPS) is 11.5. The summed E-state index contributed by atoms with van der Waals surface area (Å²) >= 11 is 2.87. The molecule has 2 N–H and O–H groups in total. The van der Waals surface area contributed by atoms with Gasteiger partial charge >= 0.3 is 0 Å². The van der Waals surface area contributed by atoms with Crippen molar-refractivity contribution in [2.75, 3.05) is 5.32 Å². The zero-order chi connectivity index (χ0) is 22.5. The summed E-state index contributed by atoms with van der Waals surface area (Å²) in [5.74, 6) is 0.0771. The Morgan fingerprint density at radius 3 is 2.79 bits per heavy atom. The Morgan fingerprint density at radius 1 is 1.09 bits per heavy atom. The van der Waals surface area contributed by atoms with E-state index in [1.807, 2.05) is 31.2 Å². The number of H-pyrrole nitrogens is 1. The van der Waals surface area contributed by atoms with Gasteiger partial charge in [-0.25, -0.2) is 0 Å². The number of aromatic nitrogens is 5. The number of nitrogens with zero attached hydrogens (tertiary/aromatic N) is 4. The van der Waals surface area contributed by atoms with Gasteiger partial charge < -0.3 is 9.84 Å². The van der Waals surface area contributed by atoms with Crippen LogP contribution in [0.2, 0.25) is 0 Å². The number of aromatic amines is 1. The summed E-state index contributed by atoms with van der Waals surface area (Å²) in [7, 11) is 0. The molecular weight excluding hydrogens is 456 g/mol. The number of hydrogen-bond acceptors (Lipinski definition) is 8. The molecule has 10 heteroatoms. The average molecular weight is 473 g/mol. The zero-order valence-electron chi connectivity index (χ0n) is 17.5. The van der Waals surface area contributed by atoms with Gasteiger partial charge in [0.1, 0.15) is 10.4 Å². The maximum atomic E-state index is 13.3. The monoisotopic (exact) mass is 472 g/mol. The maximum Gasteiger partial charge on any atom is 0.261 e. The Labute approximate surface area is 195 Å². The molecule has 6 aromatic rings. The third-order valence-electron chi connectivity index (χ3n) is 5.45. The van der Waals surface area contributed by atoms with Gasteiger partial charge in [-0.05, 0) is 55.0 Å². The quantitative estimate of drug-likeness (QED) is 0.335. The molecule has 4 heterocycles. The van der Waals surface area contributed by atoms with Crippen LogP contribution in [-0.2, 0) is 0 Å². The van der Waals surface area contributed by atoms with Crippen LogP contribution in [0.25, 0.3) is 42.1 Å². The number of benzene rings is 2. The van der Waals surface area contributed by atoms with Gasteiger partial charge in [0.2, 0.25) is 0 Å². The summed E-state index contributed by atoms with van der Waals surface area (Å²) in [6.45, 7) is 3.57. The van der Waals surface area contributed by atoms with Crippen molar-refractivity contribution < 1.29 is 9.32 Å². The van der Waals surface area contributed by atoms with Crippen LogP contribution in [0.4, 0.5) is 5.69 Å². The number of aryl methyl sites for hydroxylation is 2. The van der Waals surface area contributed by atoms with E-state index in [4.69, 9.17) is 4.52 Å². The number of amides is 1. The SMILES string of the molecule is Cc1nnsc1-c1onc(C)c1C(=O)Nc1cc(-c2cc3ccccc3s2)c2[nH]ncc2c1. The third kappa shape index (κ3) is 3.31. The van der Waals surface area contributed by atoms with Crippen LogP contribution in [0.5, 0.6) is 0 Å². The fourth-order valence-electron chi connectivity index (χ4n) is 3.86. The van der Waals surface area contributed by atoms with E-state index < -0.39 is 0 Å². The second-order valence-electron chi connectivity index (χ2n) is 7.62. The van der Waals surface area contributed by atoms with Crippen molar-refractivity contribution in [1.29, 1.82) is 0 Å². The van der Waals surface area contributed by atoms with Gasteiger partial charge in [-0.15, -0.1) is 16.4 Å². The van der Waals surface area contributed by atoms with E-state index in [1.165, 1.54) is 21.6 Å². The molecule has 8 nitrogen and oxygen atoms in total. The summed E-state index contributed by atoms with van der Waals surface area (Å²) in [5.41, 5.74) is 4.13. The molecule has 0 spiro atoms. The molecule has 0 saturated carbocycles. The topological polar surface area (TPSA) is 110 Å². The molecule has 0 bridgehead atoms. The number of fused-ring (bicyclic) bond motifs is 2. The molecule has 1 amide bonds. The van der Waals surface area contributed by atoms with E-state index in [2.05, 4.69) is 48.5 Å². The van der Waals surface area contributed by atoms with E-state index in [9.17, 15) is 4.79 Å². The van der Waals surface area contributed by atoms with Crippen molar-refractivity contribution in [3.63, 3.8) is 0 Å². The molecule has 4 aromatic heterocycles. The standard InChI is InChI=1S/C23H16N6O2S2/c1-11-19(21(31-28-11)22-12(2)26-29-33-22)23(30)25-15-7-14-10-24-27-20(14)16(9-15)18-8-13-5-3-4-6-17(13)32-18/h3-10H,1-2H3,(H,24,27)(H,25,30). The summed E-state index contributed by atoms with van der Waals surface area (Å²) in [6, 6.07) is 14.3. The largest absolute Gasteiger partial charge is 0.354 e. The van der Waals surface area contributed by atoms with Gasteiger partial charge in [0.05, 0.1) is 23.1 Å². The predicted molar refractivity (Wildman–Crippen MR) is 130 cm³/mol. The molecule has 0 aliphatic heterocycles. The van der Waals surface area contributed by atoms with Crippen LogP contribution in [0.15, 0.2) is 53.2 Å².